The van der Waals surface area contributed by atoms with E-state index in [4.69, 9.17) is 24.4 Å². The van der Waals surface area contributed by atoms with Gasteiger partial charge in [0, 0.05) is 40.0 Å². The topological polar surface area (TPSA) is 47.1 Å². The normalized spacial score (nSPS) is 19.7. The molecule has 104 valence electrons. The molecule has 2 amide bonds. The van der Waals surface area contributed by atoms with Crippen LogP contribution < -0.4 is 0 Å². The van der Waals surface area contributed by atoms with E-state index >= 15 is 0 Å². The van der Waals surface area contributed by atoms with Crippen molar-refractivity contribution < 1.29 is 9.59 Å². The number of amides is 2. The lowest BCUT2D eigenvalue weighted by molar-refractivity contribution is -0.149. The zero-order valence-corrected chi connectivity index (χ0v) is 12.6. The summed E-state index contributed by atoms with van der Waals surface area (Å²) in [4.78, 5) is 25.6. The molecule has 8 heteroatoms. The number of hydrogen-bond donors (Lipinski definition) is 0. The first kappa shape index (κ1) is 14.1. The summed E-state index contributed by atoms with van der Waals surface area (Å²) in [6.07, 6.45) is 1.21. The lowest BCUT2D eigenvalue weighted by atomic mass is 10.3. The van der Waals surface area contributed by atoms with Gasteiger partial charge in [-0.05, 0) is 0 Å². The minimum atomic E-state index is -0.224. The van der Waals surface area contributed by atoms with Crippen LogP contribution in [0.2, 0.25) is 0 Å². The Morgan fingerprint density at radius 1 is 0.947 bits per heavy atom. The van der Waals surface area contributed by atoms with Gasteiger partial charge in [-0.1, -0.05) is 24.4 Å². The fourth-order valence-corrected chi connectivity index (χ4v) is 2.57. The van der Waals surface area contributed by atoms with E-state index in [2.05, 4.69) is 0 Å². The predicted octanol–water partition coefficient (Wildman–Crippen LogP) is 0.190. The van der Waals surface area contributed by atoms with Crippen molar-refractivity contribution in [3.63, 3.8) is 0 Å². The Morgan fingerprint density at radius 2 is 1.32 bits per heavy atom. The van der Waals surface area contributed by atoms with Gasteiger partial charge in [-0.15, -0.1) is 0 Å². The van der Waals surface area contributed by atoms with E-state index in [1.165, 1.54) is 10.0 Å². The monoisotopic (exact) mass is 300 g/mol. The number of rotatable bonds is 2. The van der Waals surface area contributed by atoms with Crippen LogP contribution in [0.5, 0.6) is 0 Å². The summed E-state index contributed by atoms with van der Waals surface area (Å²) in [6.45, 7) is 1.10. The second-order valence-electron chi connectivity index (χ2n) is 4.55. The molecule has 0 aliphatic carbocycles. The maximum atomic E-state index is 12.1. The van der Waals surface area contributed by atoms with Crippen LogP contribution in [0.1, 0.15) is 19.3 Å². The lowest BCUT2D eigenvalue weighted by Crippen LogP contribution is -2.45. The average Bonchev–Trinajstić information content (AvgIpc) is 2.85. The van der Waals surface area contributed by atoms with E-state index in [0.717, 1.165) is 9.98 Å². The number of hydrazine groups is 2. The first-order chi connectivity index (χ1) is 8.91. The number of thiocarbonyl (C=S) groups is 2. The summed E-state index contributed by atoms with van der Waals surface area (Å²) in [5, 5.41) is 6.33. The molecule has 2 aliphatic rings. The SMILES string of the molecule is CN1C(=S)CCN1C(=O)CC(=O)N1CCC(=S)N1C. The molecule has 0 saturated carbocycles. The van der Waals surface area contributed by atoms with Gasteiger partial charge in [0.1, 0.15) is 6.42 Å². The molecule has 2 fully saturated rings. The fraction of sp³-hybridized carbons (Fsp3) is 0.636. The van der Waals surface area contributed by atoms with Crippen LogP contribution in [0.15, 0.2) is 0 Å². The third-order valence-corrected chi connectivity index (χ3v) is 4.34. The highest BCUT2D eigenvalue weighted by molar-refractivity contribution is 7.80. The summed E-state index contributed by atoms with van der Waals surface area (Å²) >= 11 is 10.2. The smallest absolute Gasteiger partial charge is 0.250 e. The minimum Gasteiger partial charge on any atom is -0.279 e. The van der Waals surface area contributed by atoms with Gasteiger partial charge in [-0.3, -0.25) is 29.6 Å². The third-order valence-electron chi connectivity index (χ3n) is 3.40. The summed E-state index contributed by atoms with van der Waals surface area (Å²) in [5.74, 6) is -0.447. The molecule has 6 nitrogen and oxygen atoms in total. The Morgan fingerprint density at radius 3 is 1.58 bits per heavy atom. The molecular weight excluding hydrogens is 284 g/mol. The highest BCUT2D eigenvalue weighted by atomic mass is 32.1. The Hall–Kier alpha value is -1.28. The largest absolute Gasteiger partial charge is 0.279 e. The van der Waals surface area contributed by atoms with Crippen molar-refractivity contribution in [2.45, 2.75) is 19.3 Å². The number of hydrogen-bond acceptors (Lipinski definition) is 4. The van der Waals surface area contributed by atoms with E-state index in [0.29, 0.717) is 25.9 Å². The van der Waals surface area contributed by atoms with Crippen LogP contribution in [0.3, 0.4) is 0 Å². The third kappa shape index (κ3) is 2.69. The van der Waals surface area contributed by atoms with Gasteiger partial charge in [0.05, 0.1) is 9.98 Å². The molecule has 0 spiro atoms. The van der Waals surface area contributed by atoms with Gasteiger partial charge in [0.25, 0.3) is 11.8 Å². The lowest BCUT2D eigenvalue weighted by Gasteiger charge is -2.28. The van der Waals surface area contributed by atoms with E-state index < -0.39 is 0 Å². The summed E-state index contributed by atoms with van der Waals surface area (Å²) in [6, 6.07) is 0. The van der Waals surface area contributed by atoms with Crippen LogP contribution in [-0.4, -0.2) is 69.0 Å². The van der Waals surface area contributed by atoms with Crippen LogP contribution >= 0.6 is 24.4 Å². The molecule has 0 atom stereocenters. The minimum absolute atomic E-state index is 0.153. The van der Waals surface area contributed by atoms with Crippen LogP contribution in [0.4, 0.5) is 0 Å². The average molecular weight is 300 g/mol. The number of carbonyl (C=O) groups excluding carboxylic acids is 2. The molecule has 0 aromatic heterocycles. The summed E-state index contributed by atoms with van der Waals surface area (Å²) in [7, 11) is 3.49. The van der Waals surface area contributed by atoms with Gasteiger partial charge in [-0.25, -0.2) is 0 Å². The van der Waals surface area contributed by atoms with Crippen LogP contribution in [0, 0.1) is 0 Å². The van der Waals surface area contributed by atoms with E-state index in [-0.39, 0.29) is 18.2 Å². The predicted molar refractivity (Wildman–Crippen MR) is 78.0 cm³/mol. The molecule has 0 N–H and O–H groups in total. The fourth-order valence-electron chi connectivity index (χ4n) is 2.19. The van der Waals surface area contributed by atoms with E-state index in [1.807, 2.05) is 0 Å². The van der Waals surface area contributed by atoms with Crippen molar-refractivity contribution in [1.29, 1.82) is 0 Å². The van der Waals surface area contributed by atoms with E-state index in [9.17, 15) is 9.59 Å². The van der Waals surface area contributed by atoms with Crippen molar-refractivity contribution in [1.82, 2.24) is 20.0 Å². The molecule has 2 saturated heterocycles. The molecule has 0 unspecified atom stereocenters. The molecule has 0 aromatic rings. The number of nitrogens with zero attached hydrogens (tertiary/aromatic N) is 4. The second kappa shape index (κ2) is 5.38. The van der Waals surface area contributed by atoms with Gasteiger partial charge in [0.15, 0.2) is 0 Å². The van der Waals surface area contributed by atoms with E-state index in [1.54, 1.807) is 24.1 Å². The van der Waals surface area contributed by atoms with Crippen molar-refractivity contribution in [2.24, 2.45) is 0 Å². The van der Waals surface area contributed by atoms with Gasteiger partial charge in [0.2, 0.25) is 0 Å². The van der Waals surface area contributed by atoms with Gasteiger partial charge in [-0.2, -0.15) is 0 Å². The molecule has 2 heterocycles. The molecular formula is C11H16N4O2S2. The zero-order valence-electron chi connectivity index (χ0n) is 11.0. The quantitative estimate of drug-likeness (QED) is 0.536. The van der Waals surface area contributed by atoms with Crippen LogP contribution in [-0.2, 0) is 9.59 Å². The summed E-state index contributed by atoms with van der Waals surface area (Å²) in [5.41, 5.74) is 0. The Kier molecular flexibility index (Phi) is 4.00. The van der Waals surface area contributed by atoms with Crippen molar-refractivity contribution in [3.8, 4) is 0 Å². The van der Waals surface area contributed by atoms with Crippen molar-refractivity contribution in [3.05, 3.63) is 0 Å². The first-order valence-electron chi connectivity index (χ1n) is 6.05. The standard InChI is InChI=1S/C11H16N4O2S2/c1-12-10(18)3-5-14(12)8(16)7-9(17)15-6-4-11(19)13(15)2/h3-7H2,1-2H3. The van der Waals surface area contributed by atoms with Crippen molar-refractivity contribution in [2.75, 3.05) is 27.2 Å². The molecule has 19 heavy (non-hydrogen) atoms. The van der Waals surface area contributed by atoms with Crippen LogP contribution in [0.25, 0.3) is 0 Å². The second-order valence-corrected chi connectivity index (χ2v) is 5.49. The molecule has 0 aromatic carbocycles. The Balaban J connectivity index is 1.94. The molecule has 0 radical (unpaired) electrons. The molecule has 2 aliphatic heterocycles. The highest BCUT2D eigenvalue weighted by Crippen LogP contribution is 2.16. The maximum absolute atomic E-state index is 12.1. The van der Waals surface area contributed by atoms with Gasteiger partial charge < -0.3 is 0 Å². The summed E-state index contributed by atoms with van der Waals surface area (Å²) < 4.78 is 0. The highest BCUT2D eigenvalue weighted by Gasteiger charge is 2.32. The molecule has 2 rings (SSSR count). The van der Waals surface area contributed by atoms with Crippen molar-refractivity contribution >= 4 is 46.2 Å². The van der Waals surface area contributed by atoms with Gasteiger partial charge >= 0.3 is 0 Å². The Labute approximate surface area is 122 Å². The number of carbonyl (C=O) groups is 2. The first-order valence-corrected chi connectivity index (χ1v) is 6.87. The maximum Gasteiger partial charge on any atom is 0.250 e. The molecule has 0 bridgehead atoms. The Bertz CT molecular complexity index is 414. The zero-order chi connectivity index (χ0) is 14.2.